The second kappa shape index (κ2) is 4.63. The Bertz CT molecular complexity index is 392. The van der Waals surface area contributed by atoms with Gasteiger partial charge in [-0.3, -0.25) is 9.69 Å². The van der Waals surface area contributed by atoms with Gasteiger partial charge in [0, 0.05) is 18.8 Å². The molecule has 1 aromatic carbocycles. The van der Waals surface area contributed by atoms with Gasteiger partial charge in [-0.25, -0.2) is 0 Å². The van der Waals surface area contributed by atoms with Crippen LogP contribution in [-0.4, -0.2) is 42.6 Å². The molecule has 0 aliphatic carbocycles. The smallest absolute Gasteiger partial charge is 0.241 e. The zero-order valence-corrected chi connectivity index (χ0v) is 9.39. The molecule has 1 N–H and O–H groups in total. The highest BCUT2D eigenvalue weighted by Crippen LogP contribution is 2.18. The van der Waals surface area contributed by atoms with Crippen molar-refractivity contribution in [2.75, 3.05) is 31.6 Å². The second-order valence-electron chi connectivity index (χ2n) is 4.11. The molecule has 0 saturated carbocycles. The molecule has 16 heavy (non-hydrogen) atoms. The maximum Gasteiger partial charge on any atom is 0.241 e. The van der Waals surface area contributed by atoms with Gasteiger partial charge >= 0.3 is 0 Å². The van der Waals surface area contributed by atoms with Crippen molar-refractivity contribution in [2.45, 2.75) is 6.61 Å². The first-order valence-corrected chi connectivity index (χ1v) is 5.39. The van der Waals surface area contributed by atoms with Gasteiger partial charge in [-0.2, -0.15) is 0 Å². The minimum absolute atomic E-state index is 0.00970. The highest BCUT2D eigenvalue weighted by molar-refractivity contribution is 5.95. The Morgan fingerprint density at radius 3 is 2.88 bits per heavy atom. The Kier molecular flexibility index (Phi) is 3.22. The Hall–Kier alpha value is -1.39. The van der Waals surface area contributed by atoms with Crippen LogP contribution in [0.1, 0.15) is 5.56 Å². The van der Waals surface area contributed by atoms with E-state index >= 15 is 0 Å². The van der Waals surface area contributed by atoms with E-state index in [2.05, 4.69) is 0 Å². The molecular weight excluding hydrogens is 204 g/mol. The van der Waals surface area contributed by atoms with E-state index in [9.17, 15) is 4.79 Å². The number of aliphatic hydroxyl groups excluding tert-OH is 1. The van der Waals surface area contributed by atoms with Gasteiger partial charge in [0.25, 0.3) is 0 Å². The summed E-state index contributed by atoms with van der Waals surface area (Å²) in [4.78, 5) is 15.6. The molecule has 1 aliphatic rings. The number of benzene rings is 1. The second-order valence-corrected chi connectivity index (χ2v) is 4.11. The summed E-state index contributed by atoms with van der Waals surface area (Å²) in [5.74, 6) is 0.115. The number of carbonyl (C=O) groups excluding carboxylic acids is 1. The SMILES string of the molecule is CN1CCN(c2cccc(CO)c2)C(=O)C1. The lowest BCUT2D eigenvalue weighted by Crippen LogP contribution is -2.48. The van der Waals surface area contributed by atoms with E-state index in [-0.39, 0.29) is 12.5 Å². The van der Waals surface area contributed by atoms with Crippen LogP contribution in [0.25, 0.3) is 0 Å². The van der Waals surface area contributed by atoms with Crippen molar-refractivity contribution < 1.29 is 9.90 Å². The number of anilines is 1. The first-order valence-electron chi connectivity index (χ1n) is 5.39. The monoisotopic (exact) mass is 220 g/mol. The Balaban J connectivity index is 2.20. The molecule has 1 aliphatic heterocycles. The third kappa shape index (κ3) is 2.23. The zero-order valence-electron chi connectivity index (χ0n) is 9.39. The van der Waals surface area contributed by atoms with Crippen LogP contribution in [0.2, 0.25) is 0 Å². The summed E-state index contributed by atoms with van der Waals surface area (Å²) in [7, 11) is 1.94. The van der Waals surface area contributed by atoms with Crippen molar-refractivity contribution in [3.63, 3.8) is 0 Å². The molecule has 2 rings (SSSR count). The Morgan fingerprint density at radius 1 is 1.38 bits per heavy atom. The molecule has 4 heteroatoms. The number of carbonyl (C=O) groups is 1. The molecule has 0 atom stereocenters. The van der Waals surface area contributed by atoms with E-state index < -0.39 is 0 Å². The number of amides is 1. The van der Waals surface area contributed by atoms with E-state index in [0.717, 1.165) is 17.8 Å². The molecule has 1 fully saturated rings. The molecule has 0 radical (unpaired) electrons. The lowest BCUT2D eigenvalue weighted by atomic mass is 10.2. The van der Waals surface area contributed by atoms with Crippen LogP contribution >= 0.6 is 0 Å². The fourth-order valence-electron chi connectivity index (χ4n) is 1.89. The molecule has 86 valence electrons. The zero-order chi connectivity index (χ0) is 11.5. The lowest BCUT2D eigenvalue weighted by Gasteiger charge is -2.32. The van der Waals surface area contributed by atoms with Crippen LogP contribution in [0.5, 0.6) is 0 Å². The van der Waals surface area contributed by atoms with Crippen LogP contribution in [0.4, 0.5) is 5.69 Å². The molecule has 1 amide bonds. The average molecular weight is 220 g/mol. The molecule has 4 nitrogen and oxygen atoms in total. The number of hydrogen-bond acceptors (Lipinski definition) is 3. The maximum atomic E-state index is 11.8. The maximum absolute atomic E-state index is 11.8. The van der Waals surface area contributed by atoms with Crippen LogP contribution in [0.15, 0.2) is 24.3 Å². The minimum atomic E-state index is 0.00970. The van der Waals surface area contributed by atoms with E-state index in [0.29, 0.717) is 13.1 Å². The summed E-state index contributed by atoms with van der Waals surface area (Å²) < 4.78 is 0. The third-order valence-electron chi connectivity index (χ3n) is 2.82. The van der Waals surface area contributed by atoms with Crippen LogP contribution < -0.4 is 4.90 Å². The summed E-state index contributed by atoms with van der Waals surface area (Å²) in [5.41, 5.74) is 1.72. The number of aliphatic hydroxyl groups is 1. The lowest BCUT2D eigenvalue weighted by molar-refractivity contribution is -0.120. The van der Waals surface area contributed by atoms with Crippen LogP contribution in [0.3, 0.4) is 0 Å². The standard InChI is InChI=1S/C12H16N2O2/c1-13-5-6-14(12(16)8-13)11-4-2-3-10(7-11)9-15/h2-4,7,15H,5-6,8-9H2,1H3. The molecular formula is C12H16N2O2. The van der Waals surface area contributed by atoms with Gasteiger partial charge in [0.1, 0.15) is 0 Å². The summed E-state index contributed by atoms with van der Waals surface area (Å²) in [6.45, 7) is 2.07. The Morgan fingerprint density at radius 2 is 2.19 bits per heavy atom. The molecule has 1 heterocycles. The number of rotatable bonds is 2. The van der Waals surface area contributed by atoms with E-state index in [1.807, 2.05) is 36.2 Å². The number of hydrogen-bond donors (Lipinski definition) is 1. The van der Waals surface area contributed by atoms with Crippen molar-refractivity contribution in [3.8, 4) is 0 Å². The molecule has 0 unspecified atom stereocenters. The number of piperazine rings is 1. The van der Waals surface area contributed by atoms with Gasteiger partial charge in [-0.15, -0.1) is 0 Å². The van der Waals surface area contributed by atoms with E-state index in [1.165, 1.54) is 0 Å². The van der Waals surface area contributed by atoms with Gasteiger partial charge in [-0.1, -0.05) is 12.1 Å². The van der Waals surface area contributed by atoms with Gasteiger partial charge in [0.15, 0.2) is 0 Å². The minimum Gasteiger partial charge on any atom is -0.392 e. The van der Waals surface area contributed by atoms with Crippen LogP contribution in [0, 0.1) is 0 Å². The van der Waals surface area contributed by atoms with Crippen molar-refractivity contribution in [1.82, 2.24) is 4.90 Å². The summed E-state index contributed by atoms with van der Waals surface area (Å²) in [6.07, 6.45) is 0. The third-order valence-corrected chi connectivity index (χ3v) is 2.82. The van der Waals surface area contributed by atoms with Gasteiger partial charge in [-0.05, 0) is 24.7 Å². The summed E-state index contributed by atoms with van der Waals surface area (Å²) >= 11 is 0. The quantitative estimate of drug-likeness (QED) is 0.787. The fraction of sp³-hybridized carbons (Fsp3) is 0.417. The highest BCUT2D eigenvalue weighted by Gasteiger charge is 2.22. The largest absolute Gasteiger partial charge is 0.392 e. The Labute approximate surface area is 95.1 Å². The number of likely N-dealkylation sites (N-methyl/N-ethyl adjacent to an activating group) is 1. The van der Waals surface area contributed by atoms with Gasteiger partial charge in [0.2, 0.25) is 5.91 Å². The van der Waals surface area contributed by atoms with Crippen molar-refractivity contribution in [2.24, 2.45) is 0 Å². The predicted molar refractivity (Wildman–Crippen MR) is 62.2 cm³/mol. The molecule has 0 aromatic heterocycles. The molecule has 1 saturated heterocycles. The first kappa shape index (κ1) is 11.1. The van der Waals surface area contributed by atoms with E-state index in [1.54, 1.807) is 4.90 Å². The molecule has 0 bridgehead atoms. The average Bonchev–Trinajstić information content (AvgIpc) is 2.29. The van der Waals surface area contributed by atoms with E-state index in [4.69, 9.17) is 5.11 Å². The highest BCUT2D eigenvalue weighted by atomic mass is 16.3. The van der Waals surface area contributed by atoms with Crippen molar-refractivity contribution in [3.05, 3.63) is 29.8 Å². The van der Waals surface area contributed by atoms with Crippen LogP contribution in [-0.2, 0) is 11.4 Å². The fourth-order valence-corrected chi connectivity index (χ4v) is 1.89. The topological polar surface area (TPSA) is 43.8 Å². The first-order chi connectivity index (χ1) is 7.70. The number of nitrogens with zero attached hydrogens (tertiary/aromatic N) is 2. The normalized spacial score (nSPS) is 17.9. The molecule has 0 spiro atoms. The van der Waals surface area contributed by atoms with Crippen molar-refractivity contribution >= 4 is 11.6 Å². The van der Waals surface area contributed by atoms with Gasteiger partial charge < -0.3 is 10.0 Å². The molecule has 1 aromatic rings. The van der Waals surface area contributed by atoms with Crippen molar-refractivity contribution in [1.29, 1.82) is 0 Å². The predicted octanol–water partition coefficient (Wildman–Crippen LogP) is 0.457. The van der Waals surface area contributed by atoms with Gasteiger partial charge in [0.05, 0.1) is 13.2 Å². The summed E-state index contributed by atoms with van der Waals surface area (Å²) in [6, 6.07) is 7.49. The summed E-state index contributed by atoms with van der Waals surface area (Å²) in [5, 5.41) is 9.06.